The molecule has 0 saturated carbocycles. The van der Waals surface area contributed by atoms with Crippen LogP contribution in [-0.2, 0) is 29.2 Å². The molecule has 9 heteroatoms. The van der Waals surface area contributed by atoms with E-state index < -0.39 is 0 Å². The molecule has 0 spiro atoms. The highest BCUT2D eigenvalue weighted by Gasteiger charge is 2.17. The number of aryl methyl sites for hydroxylation is 2. The minimum atomic E-state index is -0.250. The highest BCUT2D eigenvalue weighted by Crippen LogP contribution is 2.23. The Hall–Kier alpha value is -2.75. The van der Waals surface area contributed by atoms with Crippen LogP contribution in [0.1, 0.15) is 47.8 Å². The summed E-state index contributed by atoms with van der Waals surface area (Å²) in [6.07, 6.45) is 6.25. The lowest BCUT2D eigenvalue weighted by Gasteiger charge is -2.31. The van der Waals surface area contributed by atoms with E-state index in [1.165, 1.54) is 48.2 Å². The summed E-state index contributed by atoms with van der Waals surface area (Å²) in [5.74, 6) is 1.81. The molecule has 2 aromatic rings. The number of nitrogens with zero attached hydrogens (tertiary/aromatic N) is 3. The molecule has 0 amide bonds. The molecule has 4 N–H and O–H groups in total. The molecular formula is C24H38N4O5. The van der Waals surface area contributed by atoms with Gasteiger partial charge in [0, 0.05) is 32.0 Å². The summed E-state index contributed by atoms with van der Waals surface area (Å²) < 4.78 is 0. The molecule has 33 heavy (non-hydrogen) atoms. The Morgan fingerprint density at radius 2 is 1.70 bits per heavy atom. The van der Waals surface area contributed by atoms with Crippen LogP contribution in [0.2, 0.25) is 0 Å². The van der Waals surface area contributed by atoms with E-state index in [-0.39, 0.29) is 19.6 Å². The number of imidazole rings is 1. The zero-order valence-corrected chi connectivity index (χ0v) is 19.9. The standard InChI is InChI=1S/C22H34N4O.2CH2O2/c1-17-4-8-25(9-5-17)14-20-13-21(19(3)12-18(20)2)15-26(10-11-27)16-22-23-6-7-24-22;2*2-1-3/h6-7,12-13,17,27H,4-5,8-11,14-16H2,1-3H3,(H,23,24);2*1H,(H,2,3). The van der Waals surface area contributed by atoms with E-state index in [9.17, 15) is 5.11 Å². The number of rotatable bonds is 8. The van der Waals surface area contributed by atoms with Gasteiger partial charge in [0.1, 0.15) is 5.82 Å². The fourth-order valence-electron chi connectivity index (χ4n) is 3.94. The van der Waals surface area contributed by atoms with Crippen LogP contribution < -0.4 is 0 Å². The predicted molar refractivity (Wildman–Crippen MR) is 127 cm³/mol. The number of piperidine rings is 1. The van der Waals surface area contributed by atoms with Crippen molar-refractivity contribution in [1.82, 2.24) is 19.8 Å². The van der Waals surface area contributed by atoms with Gasteiger partial charge in [-0.05, 0) is 68.0 Å². The zero-order valence-electron chi connectivity index (χ0n) is 19.9. The maximum absolute atomic E-state index is 9.47. The maximum atomic E-state index is 9.47. The number of aromatic nitrogens is 2. The molecule has 1 aromatic heterocycles. The van der Waals surface area contributed by atoms with E-state index in [2.05, 4.69) is 52.7 Å². The number of benzene rings is 1. The van der Waals surface area contributed by atoms with Gasteiger partial charge in [0.2, 0.25) is 0 Å². The highest BCUT2D eigenvalue weighted by molar-refractivity contribution is 5.37. The molecule has 0 atom stereocenters. The Morgan fingerprint density at radius 1 is 1.09 bits per heavy atom. The number of nitrogens with one attached hydrogen (secondary N) is 1. The van der Waals surface area contributed by atoms with Gasteiger partial charge in [-0.3, -0.25) is 19.4 Å². The smallest absolute Gasteiger partial charge is 0.290 e. The number of aromatic amines is 1. The van der Waals surface area contributed by atoms with Crippen LogP contribution in [-0.4, -0.2) is 74.3 Å². The number of hydrogen-bond donors (Lipinski definition) is 4. The number of aliphatic hydroxyl groups excluding tert-OH is 1. The molecule has 0 aliphatic carbocycles. The van der Waals surface area contributed by atoms with E-state index in [4.69, 9.17) is 19.8 Å². The second-order valence-corrected chi connectivity index (χ2v) is 8.34. The third-order valence-corrected chi connectivity index (χ3v) is 5.80. The molecule has 0 bridgehead atoms. The molecule has 9 nitrogen and oxygen atoms in total. The largest absolute Gasteiger partial charge is 0.483 e. The summed E-state index contributed by atoms with van der Waals surface area (Å²) in [5.41, 5.74) is 5.49. The molecule has 184 valence electrons. The quantitative estimate of drug-likeness (QED) is 0.441. The maximum Gasteiger partial charge on any atom is 0.290 e. The average molecular weight is 463 g/mol. The summed E-state index contributed by atoms with van der Waals surface area (Å²) in [7, 11) is 0. The van der Waals surface area contributed by atoms with E-state index in [0.717, 1.165) is 31.4 Å². The van der Waals surface area contributed by atoms with Crippen molar-refractivity contribution >= 4 is 12.9 Å². The van der Waals surface area contributed by atoms with Crippen molar-refractivity contribution in [3.8, 4) is 0 Å². The van der Waals surface area contributed by atoms with Crippen LogP contribution in [0.3, 0.4) is 0 Å². The number of carbonyl (C=O) groups is 2. The fourth-order valence-corrected chi connectivity index (χ4v) is 3.94. The molecule has 0 unspecified atom stereocenters. The molecule has 1 aliphatic rings. The van der Waals surface area contributed by atoms with Crippen LogP contribution in [0.15, 0.2) is 24.5 Å². The average Bonchev–Trinajstić information content (AvgIpc) is 3.27. The van der Waals surface area contributed by atoms with Crippen LogP contribution in [0, 0.1) is 19.8 Å². The Morgan fingerprint density at radius 3 is 2.24 bits per heavy atom. The van der Waals surface area contributed by atoms with E-state index in [0.29, 0.717) is 6.54 Å². The minimum absolute atomic E-state index is 0.157. The van der Waals surface area contributed by atoms with Crippen molar-refractivity contribution in [3.63, 3.8) is 0 Å². The fraction of sp³-hybridized carbons (Fsp3) is 0.542. The van der Waals surface area contributed by atoms with Crippen molar-refractivity contribution in [1.29, 1.82) is 0 Å². The summed E-state index contributed by atoms with van der Waals surface area (Å²) in [6, 6.07) is 4.70. The lowest BCUT2D eigenvalue weighted by Crippen LogP contribution is -2.32. The molecule has 2 heterocycles. The first-order valence-electron chi connectivity index (χ1n) is 11.2. The summed E-state index contributed by atoms with van der Waals surface area (Å²) in [6.45, 7) is 12.1. The highest BCUT2D eigenvalue weighted by atomic mass is 16.3. The Labute approximate surface area is 196 Å². The van der Waals surface area contributed by atoms with Gasteiger partial charge in [-0.1, -0.05) is 19.1 Å². The first kappa shape index (κ1) is 28.3. The number of likely N-dealkylation sites (tertiary alicyclic amines) is 1. The van der Waals surface area contributed by atoms with Crippen molar-refractivity contribution < 1.29 is 24.9 Å². The third-order valence-electron chi connectivity index (χ3n) is 5.80. The van der Waals surface area contributed by atoms with Gasteiger partial charge < -0.3 is 20.3 Å². The Balaban J connectivity index is 0.000000819. The molecular weight excluding hydrogens is 424 g/mol. The second kappa shape index (κ2) is 16.0. The monoisotopic (exact) mass is 462 g/mol. The minimum Gasteiger partial charge on any atom is -0.483 e. The number of carboxylic acid groups (broad SMARTS) is 2. The van der Waals surface area contributed by atoms with Crippen LogP contribution in [0.5, 0.6) is 0 Å². The SMILES string of the molecule is Cc1cc(C)c(CN(CCO)Cc2ncc[nH]2)cc1CN1CCC(C)CC1.O=CO.O=CO. The molecule has 1 saturated heterocycles. The first-order chi connectivity index (χ1) is 15.9. The zero-order chi connectivity index (χ0) is 24.6. The van der Waals surface area contributed by atoms with Gasteiger partial charge in [0.25, 0.3) is 12.9 Å². The number of H-pyrrole nitrogens is 1. The van der Waals surface area contributed by atoms with Gasteiger partial charge in [-0.2, -0.15) is 0 Å². The van der Waals surface area contributed by atoms with Gasteiger partial charge in [0.15, 0.2) is 0 Å². The van der Waals surface area contributed by atoms with Crippen molar-refractivity contribution in [3.05, 3.63) is 52.6 Å². The Bertz CT molecular complexity index is 799. The summed E-state index contributed by atoms with van der Waals surface area (Å²) in [5, 5.41) is 23.2. The third kappa shape index (κ3) is 10.6. The van der Waals surface area contributed by atoms with Crippen molar-refractivity contribution in [2.24, 2.45) is 5.92 Å². The topological polar surface area (TPSA) is 130 Å². The Kier molecular flexibility index (Phi) is 13.7. The lowest BCUT2D eigenvalue weighted by molar-refractivity contribution is -0.123. The second-order valence-electron chi connectivity index (χ2n) is 8.34. The lowest BCUT2D eigenvalue weighted by atomic mass is 9.96. The first-order valence-corrected chi connectivity index (χ1v) is 11.2. The molecule has 3 rings (SSSR count). The molecule has 0 radical (unpaired) electrons. The summed E-state index contributed by atoms with van der Waals surface area (Å²) >= 11 is 0. The van der Waals surface area contributed by atoms with Crippen LogP contribution in [0.25, 0.3) is 0 Å². The normalized spacial score (nSPS) is 14.1. The van der Waals surface area contributed by atoms with Gasteiger partial charge in [0.05, 0.1) is 13.2 Å². The van der Waals surface area contributed by atoms with Gasteiger partial charge >= 0.3 is 0 Å². The molecule has 1 aromatic carbocycles. The van der Waals surface area contributed by atoms with E-state index in [1.807, 2.05) is 6.20 Å². The predicted octanol–water partition coefficient (Wildman–Crippen LogP) is 2.65. The van der Waals surface area contributed by atoms with Crippen molar-refractivity contribution in [2.45, 2.75) is 53.2 Å². The van der Waals surface area contributed by atoms with Gasteiger partial charge in [-0.15, -0.1) is 0 Å². The number of hydrogen-bond acceptors (Lipinski definition) is 6. The van der Waals surface area contributed by atoms with E-state index >= 15 is 0 Å². The summed E-state index contributed by atoms with van der Waals surface area (Å²) in [4.78, 5) is 29.1. The van der Waals surface area contributed by atoms with Crippen LogP contribution in [0.4, 0.5) is 0 Å². The van der Waals surface area contributed by atoms with Crippen LogP contribution >= 0.6 is 0 Å². The van der Waals surface area contributed by atoms with Crippen molar-refractivity contribution in [2.75, 3.05) is 26.2 Å². The van der Waals surface area contributed by atoms with Gasteiger partial charge in [-0.25, -0.2) is 4.98 Å². The van der Waals surface area contributed by atoms with E-state index in [1.54, 1.807) is 6.20 Å². The molecule has 1 aliphatic heterocycles. The number of aliphatic hydroxyl groups is 1. The molecule has 1 fully saturated rings.